The molecule has 0 unspecified atom stereocenters. The molecule has 1 heteroatoms. The van der Waals surface area contributed by atoms with E-state index in [1.54, 1.807) is 12.7 Å². The Labute approximate surface area is 154 Å². The summed E-state index contributed by atoms with van der Waals surface area (Å²) < 4.78 is 5.22. The first kappa shape index (κ1) is 18.7. The van der Waals surface area contributed by atoms with Gasteiger partial charge in [0.1, 0.15) is 0 Å². The van der Waals surface area contributed by atoms with Crippen LogP contribution < -0.4 is 0 Å². The second kappa shape index (κ2) is 9.57. The van der Waals surface area contributed by atoms with Crippen LogP contribution in [0.15, 0.2) is 36.4 Å². The molecule has 0 heterocycles. The lowest BCUT2D eigenvalue weighted by Crippen LogP contribution is -2.25. The van der Waals surface area contributed by atoms with Gasteiger partial charge >= 0.3 is 0 Å². The monoisotopic (exact) mass is 340 g/mol. The molecule has 1 aromatic rings. The lowest BCUT2D eigenvalue weighted by Gasteiger charge is -2.38. The fourth-order valence-corrected chi connectivity index (χ4v) is 5.20. The van der Waals surface area contributed by atoms with Gasteiger partial charge in [0.2, 0.25) is 0 Å². The molecule has 0 N–H and O–H groups in total. The molecule has 0 amide bonds. The molecule has 2 saturated carbocycles. The number of hydrogen-bond acceptors (Lipinski definition) is 1. The van der Waals surface area contributed by atoms with E-state index < -0.39 is 0 Å². The van der Waals surface area contributed by atoms with Crippen molar-refractivity contribution in [2.24, 2.45) is 17.8 Å². The third-order valence-corrected chi connectivity index (χ3v) is 6.80. The minimum absolute atomic E-state index is 0.726. The van der Waals surface area contributed by atoms with Gasteiger partial charge < -0.3 is 4.74 Å². The molecular formula is C24H36O. The van der Waals surface area contributed by atoms with Crippen LogP contribution in [-0.4, -0.2) is 7.11 Å². The maximum absolute atomic E-state index is 5.22. The smallest absolute Gasteiger partial charge is 0.0713 e. The van der Waals surface area contributed by atoms with Gasteiger partial charge in [0.05, 0.1) is 6.61 Å². The Balaban J connectivity index is 1.44. The number of ether oxygens (including phenoxy) is 1. The summed E-state index contributed by atoms with van der Waals surface area (Å²) in [5.41, 5.74) is 2.84. The first-order valence-electron chi connectivity index (χ1n) is 10.5. The standard InChI is InChI=1S/C24H36O/c1-3-4-5-19-6-10-21(11-7-19)23-14-16-24(17-15-23)22-12-8-20(9-13-22)18-25-2/h3-4,8-9,12-13,19,21,23-24H,5-7,10-11,14-18H2,1-2H3. The first-order chi connectivity index (χ1) is 12.3. The maximum atomic E-state index is 5.22. The van der Waals surface area contributed by atoms with Crippen molar-refractivity contribution in [3.8, 4) is 0 Å². The highest BCUT2D eigenvalue weighted by Crippen LogP contribution is 2.44. The highest BCUT2D eigenvalue weighted by Gasteiger charge is 2.30. The summed E-state index contributed by atoms with van der Waals surface area (Å²) in [4.78, 5) is 0. The van der Waals surface area contributed by atoms with Crippen LogP contribution in [0.25, 0.3) is 0 Å². The summed E-state index contributed by atoms with van der Waals surface area (Å²) in [7, 11) is 1.77. The van der Waals surface area contributed by atoms with E-state index in [9.17, 15) is 0 Å². The molecule has 0 spiro atoms. The molecule has 2 aliphatic carbocycles. The van der Waals surface area contributed by atoms with Gasteiger partial charge in [-0.2, -0.15) is 0 Å². The van der Waals surface area contributed by atoms with Crippen LogP contribution in [0.5, 0.6) is 0 Å². The average Bonchev–Trinajstić information content (AvgIpc) is 2.68. The van der Waals surface area contributed by atoms with Crippen molar-refractivity contribution in [2.75, 3.05) is 7.11 Å². The Kier molecular flexibility index (Phi) is 7.16. The zero-order chi connectivity index (χ0) is 17.5. The van der Waals surface area contributed by atoms with Gasteiger partial charge in [-0.1, -0.05) is 36.4 Å². The van der Waals surface area contributed by atoms with Crippen molar-refractivity contribution in [1.82, 2.24) is 0 Å². The Bertz CT molecular complexity index is 514. The summed E-state index contributed by atoms with van der Waals surface area (Å²) in [6.45, 7) is 2.87. The van der Waals surface area contributed by atoms with Crippen molar-refractivity contribution in [2.45, 2.75) is 77.2 Å². The number of allylic oxidation sites excluding steroid dienone is 2. The Morgan fingerprint density at radius 3 is 2.04 bits per heavy atom. The molecule has 25 heavy (non-hydrogen) atoms. The molecule has 0 atom stereocenters. The number of methoxy groups -OCH3 is 1. The Morgan fingerprint density at radius 1 is 0.880 bits per heavy atom. The quantitative estimate of drug-likeness (QED) is 0.513. The topological polar surface area (TPSA) is 9.23 Å². The fraction of sp³-hybridized carbons (Fsp3) is 0.667. The molecule has 0 aromatic heterocycles. The molecule has 0 aliphatic heterocycles. The van der Waals surface area contributed by atoms with Gasteiger partial charge in [-0.15, -0.1) is 0 Å². The van der Waals surface area contributed by atoms with Gasteiger partial charge in [0.15, 0.2) is 0 Å². The molecule has 0 radical (unpaired) electrons. The van der Waals surface area contributed by atoms with E-state index in [0.29, 0.717) is 0 Å². The summed E-state index contributed by atoms with van der Waals surface area (Å²) in [5, 5.41) is 0. The zero-order valence-electron chi connectivity index (χ0n) is 16.3. The number of rotatable bonds is 6. The fourth-order valence-electron chi connectivity index (χ4n) is 5.20. The van der Waals surface area contributed by atoms with E-state index in [0.717, 1.165) is 30.3 Å². The molecule has 3 rings (SSSR count). The predicted octanol–water partition coefficient (Wildman–Crippen LogP) is 6.88. The highest BCUT2D eigenvalue weighted by atomic mass is 16.5. The number of benzene rings is 1. The zero-order valence-corrected chi connectivity index (χ0v) is 16.3. The third-order valence-electron chi connectivity index (χ3n) is 6.80. The van der Waals surface area contributed by atoms with Crippen LogP contribution in [0, 0.1) is 17.8 Å². The van der Waals surface area contributed by atoms with E-state index in [-0.39, 0.29) is 0 Å². The Hall–Kier alpha value is -1.08. The van der Waals surface area contributed by atoms with Crippen molar-refractivity contribution in [1.29, 1.82) is 0 Å². The largest absolute Gasteiger partial charge is 0.380 e. The predicted molar refractivity (Wildman–Crippen MR) is 107 cm³/mol. The second-order valence-corrected chi connectivity index (χ2v) is 8.37. The van der Waals surface area contributed by atoms with Crippen LogP contribution in [0.1, 0.15) is 81.8 Å². The summed E-state index contributed by atoms with van der Waals surface area (Å²) in [5.74, 6) is 3.78. The lowest BCUT2D eigenvalue weighted by atomic mass is 9.68. The van der Waals surface area contributed by atoms with Crippen LogP contribution >= 0.6 is 0 Å². The molecule has 1 aromatic carbocycles. The first-order valence-corrected chi connectivity index (χ1v) is 10.5. The van der Waals surface area contributed by atoms with Crippen molar-refractivity contribution in [3.05, 3.63) is 47.5 Å². The summed E-state index contributed by atoms with van der Waals surface area (Å²) >= 11 is 0. The molecule has 2 aliphatic rings. The third kappa shape index (κ3) is 5.20. The van der Waals surface area contributed by atoms with Crippen LogP contribution in [0.2, 0.25) is 0 Å². The molecule has 1 nitrogen and oxygen atoms in total. The molecule has 0 bridgehead atoms. The van der Waals surface area contributed by atoms with E-state index in [1.165, 1.54) is 63.4 Å². The van der Waals surface area contributed by atoms with Crippen LogP contribution in [0.4, 0.5) is 0 Å². The summed E-state index contributed by atoms with van der Waals surface area (Å²) in [6.07, 6.45) is 17.5. The molecular weight excluding hydrogens is 304 g/mol. The highest BCUT2D eigenvalue weighted by molar-refractivity contribution is 5.25. The van der Waals surface area contributed by atoms with Gasteiger partial charge in [-0.3, -0.25) is 0 Å². The van der Waals surface area contributed by atoms with Crippen molar-refractivity contribution in [3.63, 3.8) is 0 Å². The molecule has 138 valence electrons. The molecule has 2 fully saturated rings. The normalized spacial score (nSPS) is 30.6. The SMILES string of the molecule is CC=CCC1CCC(C2CCC(c3ccc(COC)cc3)CC2)CC1. The van der Waals surface area contributed by atoms with Gasteiger partial charge in [0, 0.05) is 7.11 Å². The van der Waals surface area contributed by atoms with Crippen LogP contribution in [0.3, 0.4) is 0 Å². The lowest BCUT2D eigenvalue weighted by molar-refractivity contribution is 0.160. The minimum Gasteiger partial charge on any atom is -0.380 e. The van der Waals surface area contributed by atoms with Crippen LogP contribution in [-0.2, 0) is 11.3 Å². The van der Waals surface area contributed by atoms with E-state index in [1.807, 2.05) is 0 Å². The van der Waals surface area contributed by atoms with Gasteiger partial charge in [-0.05, 0) is 99.5 Å². The van der Waals surface area contributed by atoms with Crippen molar-refractivity contribution < 1.29 is 4.74 Å². The van der Waals surface area contributed by atoms with E-state index in [4.69, 9.17) is 4.74 Å². The van der Waals surface area contributed by atoms with Gasteiger partial charge in [0.25, 0.3) is 0 Å². The minimum atomic E-state index is 0.726. The summed E-state index contributed by atoms with van der Waals surface area (Å²) in [6, 6.07) is 9.17. The maximum Gasteiger partial charge on any atom is 0.0713 e. The van der Waals surface area contributed by atoms with E-state index in [2.05, 4.69) is 43.3 Å². The van der Waals surface area contributed by atoms with Gasteiger partial charge in [-0.25, -0.2) is 0 Å². The second-order valence-electron chi connectivity index (χ2n) is 8.37. The van der Waals surface area contributed by atoms with E-state index >= 15 is 0 Å². The Morgan fingerprint density at radius 2 is 1.48 bits per heavy atom. The number of hydrogen-bond donors (Lipinski definition) is 0. The molecule has 0 saturated heterocycles. The average molecular weight is 341 g/mol. The van der Waals surface area contributed by atoms with Crippen molar-refractivity contribution >= 4 is 0 Å².